The van der Waals surface area contributed by atoms with Crippen LogP contribution in [-0.2, 0) is 0 Å². The summed E-state index contributed by atoms with van der Waals surface area (Å²) in [5.74, 6) is 0.705. The molecule has 0 saturated heterocycles. The Kier molecular flexibility index (Phi) is 3.40. The number of hydrogen-bond donors (Lipinski definition) is 1. The van der Waals surface area contributed by atoms with Crippen molar-refractivity contribution in [2.75, 3.05) is 0 Å². The highest BCUT2D eigenvalue weighted by molar-refractivity contribution is 6.31. The van der Waals surface area contributed by atoms with E-state index >= 15 is 0 Å². The Morgan fingerprint density at radius 2 is 2.12 bits per heavy atom. The number of aliphatic hydroxyl groups is 1. The Morgan fingerprint density at radius 1 is 1.41 bits per heavy atom. The van der Waals surface area contributed by atoms with Gasteiger partial charge < -0.3 is 9.67 Å². The van der Waals surface area contributed by atoms with Gasteiger partial charge in [0.1, 0.15) is 11.9 Å². The lowest BCUT2D eigenvalue weighted by Crippen LogP contribution is -2.10. The summed E-state index contributed by atoms with van der Waals surface area (Å²) in [5, 5.41) is 10.5. The SMILES string of the molecule is CC[C@@H](C)n1c([C@@H](C)O)nc2cc(Cl)ccc21. The molecule has 0 aliphatic rings. The fraction of sp³-hybridized carbons (Fsp3) is 0.462. The summed E-state index contributed by atoms with van der Waals surface area (Å²) in [6.45, 7) is 5.99. The number of halogens is 1. The zero-order valence-corrected chi connectivity index (χ0v) is 11.1. The molecule has 1 aromatic carbocycles. The van der Waals surface area contributed by atoms with Crippen LogP contribution >= 0.6 is 11.6 Å². The van der Waals surface area contributed by atoms with Crippen LogP contribution in [0.3, 0.4) is 0 Å². The number of hydrogen-bond acceptors (Lipinski definition) is 2. The molecule has 1 N–H and O–H groups in total. The Hall–Kier alpha value is -1.06. The van der Waals surface area contributed by atoms with E-state index in [1.165, 1.54) is 0 Å². The van der Waals surface area contributed by atoms with E-state index in [-0.39, 0.29) is 0 Å². The average Bonchev–Trinajstić information content (AvgIpc) is 2.66. The summed E-state index contributed by atoms with van der Waals surface area (Å²) in [7, 11) is 0. The molecule has 92 valence electrons. The van der Waals surface area contributed by atoms with E-state index in [0.717, 1.165) is 17.5 Å². The van der Waals surface area contributed by atoms with Gasteiger partial charge in [0.15, 0.2) is 0 Å². The number of aromatic nitrogens is 2. The van der Waals surface area contributed by atoms with Crippen LogP contribution in [0.25, 0.3) is 11.0 Å². The van der Waals surface area contributed by atoms with Crippen LogP contribution in [0.1, 0.15) is 45.2 Å². The Bertz CT molecular complexity index is 533. The molecule has 0 bridgehead atoms. The standard InChI is InChI=1S/C13H17ClN2O/c1-4-8(2)16-12-6-5-10(14)7-11(12)15-13(16)9(3)17/h5-9,17H,4H2,1-3H3/t8-,9-/m1/s1. The van der Waals surface area contributed by atoms with Crippen molar-refractivity contribution >= 4 is 22.6 Å². The normalized spacial score (nSPS) is 15.1. The van der Waals surface area contributed by atoms with Gasteiger partial charge in [-0.2, -0.15) is 0 Å². The van der Waals surface area contributed by atoms with Crippen molar-refractivity contribution in [2.45, 2.75) is 39.3 Å². The van der Waals surface area contributed by atoms with Gasteiger partial charge in [0.2, 0.25) is 0 Å². The van der Waals surface area contributed by atoms with E-state index in [9.17, 15) is 5.11 Å². The number of benzene rings is 1. The Balaban J connectivity index is 2.71. The number of rotatable bonds is 3. The van der Waals surface area contributed by atoms with Crippen LogP contribution in [0.4, 0.5) is 0 Å². The highest BCUT2D eigenvalue weighted by Gasteiger charge is 2.17. The molecule has 0 unspecified atom stereocenters. The van der Waals surface area contributed by atoms with Crippen molar-refractivity contribution in [3.05, 3.63) is 29.0 Å². The molecule has 1 heterocycles. The predicted molar refractivity (Wildman–Crippen MR) is 70.4 cm³/mol. The second kappa shape index (κ2) is 4.67. The fourth-order valence-corrected chi connectivity index (χ4v) is 2.20. The lowest BCUT2D eigenvalue weighted by Gasteiger charge is -2.17. The first-order valence-corrected chi connectivity index (χ1v) is 6.27. The lowest BCUT2D eigenvalue weighted by atomic mass is 10.2. The highest BCUT2D eigenvalue weighted by Crippen LogP contribution is 2.28. The van der Waals surface area contributed by atoms with Gasteiger partial charge in [0.25, 0.3) is 0 Å². The summed E-state index contributed by atoms with van der Waals surface area (Å²) in [4.78, 5) is 4.47. The summed E-state index contributed by atoms with van der Waals surface area (Å²) in [6.07, 6.45) is 0.420. The minimum Gasteiger partial charge on any atom is -0.385 e. The van der Waals surface area contributed by atoms with E-state index in [2.05, 4.69) is 23.4 Å². The molecule has 2 aromatic rings. The van der Waals surface area contributed by atoms with Crippen molar-refractivity contribution < 1.29 is 5.11 Å². The molecule has 0 aliphatic carbocycles. The zero-order chi connectivity index (χ0) is 12.6. The van der Waals surface area contributed by atoms with E-state index in [1.807, 2.05) is 18.2 Å². The second-order valence-corrected chi connectivity index (χ2v) is 4.84. The minimum absolute atomic E-state index is 0.311. The molecule has 0 fully saturated rings. The van der Waals surface area contributed by atoms with E-state index < -0.39 is 6.10 Å². The van der Waals surface area contributed by atoms with Gasteiger partial charge in [-0.1, -0.05) is 18.5 Å². The number of imidazole rings is 1. The summed E-state index contributed by atoms with van der Waals surface area (Å²) >= 11 is 5.96. The summed E-state index contributed by atoms with van der Waals surface area (Å²) in [5.41, 5.74) is 1.87. The molecular formula is C13H17ClN2O. The highest BCUT2D eigenvalue weighted by atomic mass is 35.5. The molecule has 17 heavy (non-hydrogen) atoms. The second-order valence-electron chi connectivity index (χ2n) is 4.41. The molecule has 0 saturated carbocycles. The third-order valence-electron chi connectivity index (χ3n) is 3.08. The van der Waals surface area contributed by atoms with Gasteiger partial charge in [-0.25, -0.2) is 4.98 Å². The molecular weight excluding hydrogens is 236 g/mol. The third-order valence-corrected chi connectivity index (χ3v) is 3.32. The van der Waals surface area contributed by atoms with Crippen molar-refractivity contribution in [3.63, 3.8) is 0 Å². The van der Waals surface area contributed by atoms with Crippen molar-refractivity contribution in [1.82, 2.24) is 9.55 Å². The molecule has 0 radical (unpaired) electrons. The van der Waals surface area contributed by atoms with Gasteiger partial charge in [-0.05, 0) is 38.5 Å². The molecule has 2 atom stereocenters. The smallest absolute Gasteiger partial charge is 0.138 e. The summed E-state index contributed by atoms with van der Waals surface area (Å²) in [6, 6.07) is 5.96. The van der Waals surface area contributed by atoms with Gasteiger partial charge in [-0.3, -0.25) is 0 Å². The maximum atomic E-state index is 9.80. The van der Waals surface area contributed by atoms with E-state index in [0.29, 0.717) is 16.9 Å². The van der Waals surface area contributed by atoms with Crippen LogP contribution in [0.2, 0.25) is 5.02 Å². The first-order valence-electron chi connectivity index (χ1n) is 5.90. The Labute approximate surface area is 106 Å². The maximum absolute atomic E-state index is 9.80. The molecule has 3 nitrogen and oxygen atoms in total. The van der Waals surface area contributed by atoms with Crippen molar-refractivity contribution in [3.8, 4) is 0 Å². The summed E-state index contributed by atoms with van der Waals surface area (Å²) < 4.78 is 2.09. The van der Waals surface area contributed by atoms with Gasteiger partial charge >= 0.3 is 0 Å². The van der Waals surface area contributed by atoms with Crippen LogP contribution in [0.5, 0.6) is 0 Å². The quantitative estimate of drug-likeness (QED) is 0.904. The zero-order valence-electron chi connectivity index (χ0n) is 10.3. The predicted octanol–water partition coefficient (Wildman–Crippen LogP) is 3.71. The largest absolute Gasteiger partial charge is 0.385 e. The van der Waals surface area contributed by atoms with Crippen LogP contribution < -0.4 is 0 Å². The van der Waals surface area contributed by atoms with E-state index in [4.69, 9.17) is 11.6 Å². The molecule has 1 aromatic heterocycles. The number of nitrogens with zero attached hydrogens (tertiary/aromatic N) is 2. The van der Waals surface area contributed by atoms with Gasteiger partial charge in [-0.15, -0.1) is 0 Å². The van der Waals surface area contributed by atoms with Crippen LogP contribution in [-0.4, -0.2) is 14.7 Å². The average molecular weight is 253 g/mol. The van der Waals surface area contributed by atoms with E-state index in [1.54, 1.807) is 6.92 Å². The molecule has 0 aliphatic heterocycles. The number of aliphatic hydroxyl groups excluding tert-OH is 1. The molecule has 0 spiro atoms. The molecule has 0 amide bonds. The third kappa shape index (κ3) is 2.17. The Morgan fingerprint density at radius 3 is 2.71 bits per heavy atom. The fourth-order valence-electron chi connectivity index (χ4n) is 2.03. The molecule has 4 heteroatoms. The monoisotopic (exact) mass is 252 g/mol. The van der Waals surface area contributed by atoms with Gasteiger partial charge in [0, 0.05) is 11.1 Å². The van der Waals surface area contributed by atoms with Gasteiger partial charge in [0.05, 0.1) is 11.0 Å². The molecule has 2 rings (SSSR count). The first kappa shape index (κ1) is 12.4. The number of fused-ring (bicyclic) bond motifs is 1. The lowest BCUT2D eigenvalue weighted by molar-refractivity contribution is 0.182. The maximum Gasteiger partial charge on any atom is 0.138 e. The van der Waals surface area contributed by atoms with Crippen molar-refractivity contribution in [2.24, 2.45) is 0 Å². The minimum atomic E-state index is -0.574. The van der Waals surface area contributed by atoms with Crippen molar-refractivity contribution in [1.29, 1.82) is 0 Å². The topological polar surface area (TPSA) is 38.0 Å². The first-order chi connectivity index (χ1) is 8.04. The van der Waals surface area contributed by atoms with Crippen LogP contribution in [0, 0.1) is 0 Å². The van der Waals surface area contributed by atoms with Crippen LogP contribution in [0.15, 0.2) is 18.2 Å².